The Hall–Kier alpha value is -3.35. The zero-order chi connectivity index (χ0) is 23.4. The number of rotatable bonds is 7. The zero-order valence-corrected chi connectivity index (χ0v) is 19.8. The Kier molecular flexibility index (Phi) is 6.96. The Morgan fingerprint density at radius 2 is 1.91 bits per heavy atom. The number of anilines is 1. The molecule has 1 aliphatic rings. The van der Waals surface area contributed by atoms with Gasteiger partial charge in [0.25, 0.3) is 0 Å². The van der Waals surface area contributed by atoms with Gasteiger partial charge in [0, 0.05) is 30.4 Å². The van der Waals surface area contributed by atoms with Crippen LogP contribution in [0.5, 0.6) is 5.75 Å². The lowest BCUT2D eigenvalue weighted by Crippen LogP contribution is -2.47. The Morgan fingerprint density at radius 3 is 2.58 bits per heavy atom. The maximum atomic E-state index is 13.5. The number of ether oxygens (including phenoxy) is 1. The predicted molar refractivity (Wildman–Crippen MR) is 128 cm³/mol. The van der Waals surface area contributed by atoms with E-state index in [2.05, 4.69) is 46.2 Å². The lowest BCUT2D eigenvalue weighted by Gasteiger charge is -2.37. The summed E-state index contributed by atoms with van der Waals surface area (Å²) in [6.07, 6.45) is 1.89. The number of benzene rings is 2. The highest BCUT2D eigenvalue weighted by Crippen LogP contribution is 2.26. The Bertz CT molecular complexity index is 1060. The molecular formula is C26H32N4O3. The van der Waals surface area contributed by atoms with Crippen molar-refractivity contribution >= 4 is 11.6 Å². The summed E-state index contributed by atoms with van der Waals surface area (Å²) >= 11 is 0. The van der Waals surface area contributed by atoms with Crippen LogP contribution in [-0.2, 0) is 11.3 Å². The van der Waals surface area contributed by atoms with Gasteiger partial charge in [-0.3, -0.25) is 4.79 Å². The fourth-order valence-electron chi connectivity index (χ4n) is 4.24. The first-order valence-corrected chi connectivity index (χ1v) is 11.5. The topological polar surface area (TPSA) is 71.7 Å². The molecule has 1 aliphatic heterocycles. The highest BCUT2D eigenvalue weighted by Gasteiger charge is 2.31. The largest absolute Gasteiger partial charge is 0.497 e. The van der Waals surface area contributed by atoms with Gasteiger partial charge in [-0.1, -0.05) is 22.9 Å². The van der Waals surface area contributed by atoms with Gasteiger partial charge < -0.3 is 19.1 Å². The number of hydrogen-bond donors (Lipinski definition) is 0. The third-order valence-corrected chi connectivity index (χ3v) is 6.20. The summed E-state index contributed by atoms with van der Waals surface area (Å²) in [6, 6.07) is 16.1. The number of methoxy groups -OCH3 is 1. The van der Waals surface area contributed by atoms with Crippen LogP contribution in [0.25, 0.3) is 11.4 Å². The molecule has 7 nitrogen and oxygen atoms in total. The van der Waals surface area contributed by atoms with Gasteiger partial charge >= 0.3 is 0 Å². The molecule has 1 amide bonds. The summed E-state index contributed by atoms with van der Waals surface area (Å²) in [5.74, 6) is 1.81. The molecule has 0 saturated carbocycles. The molecule has 1 saturated heterocycles. The molecule has 3 aromatic rings. The van der Waals surface area contributed by atoms with Gasteiger partial charge in [-0.15, -0.1) is 0 Å². The van der Waals surface area contributed by atoms with Crippen molar-refractivity contribution in [1.29, 1.82) is 0 Å². The summed E-state index contributed by atoms with van der Waals surface area (Å²) in [5, 5.41) is 4.11. The minimum absolute atomic E-state index is 0.0311. The smallest absolute Gasteiger partial charge is 0.246 e. The van der Waals surface area contributed by atoms with Crippen molar-refractivity contribution in [2.75, 3.05) is 25.1 Å². The van der Waals surface area contributed by atoms with Gasteiger partial charge in [-0.25, -0.2) is 0 Å². The van der Waals surface area contributed by atoms with E-state index in [1.54, 1.807) is 7.11 Å². The van der Waals surface area contributed by atoms with Crippen molar-refractivity contribution in [1.82, 2.24) is 15.0 Å². The van der Waals surface area contributed by atoms with Crippen molar-refractivity contribution in [2.45, 2.75) is 46.2 Å². The lowest BCUT2D eigenvalue weighted by molar-refractivity contribution is -0.138. The summed E-state index contributed by atoms with van der Waals surface area (Å²) in [6.45, 7) is 8.15. The van der Waals surface area contributed by atoms with Gasteiger partial charge in [0.1, 0.15) is 12.3 Å². The van der Waals surface area contributed by atoms with E-state index < -0.39 is 0 Å². The monoisotopic (exact) mass is 448 g/mol. The third kappa shape index (κ3) is 5.35. The molecule has 1 fully saturated rings. The second-order valence-electron chi connectivity index (χ2n) is 8.92. The van der Waals surface area contributed by atoms with Crippen LogP contribution in [0.3, 0.4) is 0 Å². The van der Waals surface area contributed by atoms with Gasteiger partial charge in [-0.2, -0.15) is 4.98 Å². The molecule has 0 aliphatic carbocycles. The van der Waals surface area contributed by atoms with Crippen LogP contribution < -0.4 is 9.64 Å². The van der Waals surface area contributed by atoms with Crippen molar-refractivity contribution in [2.24, 2.45) is 5.92 Å². The fraction of sp³-hybridized carbons (Fsp3) is 0.423. The second kappa shape index (κ2) is 10.1. The summed E-state index contributed by atoms with van der Waals surface area (Å²) in [7, 11) is 1.63. The first-order valence-electron chi connectivity index (χ1n) is 11.5. The molecule has 0 radical (unpaired) electrons. The Morgan fingerprint density at radius 1 is 1.18 bits per heavy atom. The van der Waals surface area contributed by atoms with Gasteiger partial charge in [0.2, 0.25) is 17.6 Å². The predicted octanol–water partition coefficient (Wildman–Crippen LogP) is 4.71. The zero-order valence-electron chi connectivity index (χ0n) is 19.8. The highest BCUT2D eigenvalue weighted by molar-refractivity contribution is 5.80. The molecule has 174 valence electrons. The average molecular weight is 449 g/mol. The normalized spacial score (nSPS) is 16.2. The summed E-state index contributed by atoms with van der Waals surface area (Å²) in [4.78, 5) is 22.2. The van der Waals surface area contributed by atoms with Crippen LogP contribution in [-0.4, -0.2) is 47.2 Å². The van der Waals surface area contributed by atoms with Crippen molar-refractivity contribution in [3.63, 3.8) is 0 Å². The van der Waals surface area contributed by atoms with E-state index in [1.807, 2.05) is 43.0 Å². The van der Waals surface area contributed by atoms with E-state index in [9.17, 15) is 4.79 Å². The molecule has 1 unspecified atom stereocenters. The van der Waals surface area contributed by atoms with Crippen LogP contribution in [0.2, 0.25) is 0 Å². The number of piperidine rings is 1. The molecule has 0 N–H and O–H groups in total. The maximum absolute atomic E-state index is 13.5. The summed E-state index contributed by atoms with van der Waals surface area (Å²) < 4.78 is 10.7. The SMILES string of the molecule is COc1ccc(-c2noc(CN(C(=O)C3CCCN(c4ccc(C)cc4)C3)C(C)C)n2)cc1. The number of amides is 1. The molecule has 7 heteroatoms. The van der Waals surface area contributed by atoms with Crippen LogP contribution in [0, 0.1) is 12.8 Å². The number of aromatic nitrogens is 2. The second-order valence-corrected chi connectivity index (χ2v) is 8.92. The van der Waals surface area contributed by atoms with Crippen molar-refractivity contribution < 1.29 is 14.1 Å². The third-order valence-electron chi connectivity index (χ3n) is 6.20. The van der Waals surface area contributed by atoms with Crippen LogP contribution in [0.1, 0.15) is 38.1 Å². The number of carbonyl (C=O) groups is 1. The van der Waals surface area contributed by atoms with Crippen molar-refractivity contribution in [3.05, 3.63) is 60.0 Å². The first kappa shape index (κ1) is 22.8. The van der Waals surface area contributed by atoms with E-state index in [0.717, 1.165) is 37.2 Å². The molecule has 4 rings (SSSR count). The van der Waals surface area contributed by atoms with Crippen LogP contribution in [0.4, 0.5) is 5.69 Å². The lowest BCUT2D eigenvalue weighted by atomic mass is 9.95. The standard InChI is InChI=1S/C26H32N4O3/c1-18(2)30(17-24-27-25(28-33-24)20-9-13-23(32-4)14-10-20)26(31)21-6-5-15-29(16-21)22-11-7-19(3)8-12-22/h7-14,18,21H,5-6,15-17H2,1-4H3. The first-order chi connectivity index (χ1) is 15.9. The van der Waals surface area contributed by atoms with E-state index >= 15 is 0 Å². The number of aryl methyl sites for hydroxylation is 1. The van der Waals surface area contributed by atoms with Gasteiger partial charge in [0.05, 0.1) is 13.0 Å². The highest BCUT2D eigenvalue weighted by atomic mass is 16.5. The molecule has 33 heavy (non-hydrogen) atoms. The van der Waals surface area contributed by atoms with E-state index in [-0.39, 0.29) is 17.9 Å². The minimum atomic E-state index is -0.0496. The molecule has 0 spiro atoms. The summed E-state index contributed by atoms with van der Waals surface area (Å²) in [5.41, 5.74) is 3.26. The minimum Gasteiger partial charge on any atom is -0.497 e. The van der Waals surface area contributed by atoms with E-state index in [0.29, 0.717) is 18.3 Å². The van der Waals surface area contributed by atoms with Crippen molar-refractivity contribution in [3.8, 4) is 17.1 Å². The van der Waals surface area contributed by atoms with Gasteiger partial charge in [-0.05, 0) is 70.0 Å². The van der Waals surface area contributed by atoms with Crippen LogP contribution >= 0.6 is 0 Å². The Balaban J connectivity index is 1.45. The Labute approximate surface area is 195 Å². The molecule has 1 atom stereocenters. The van der Waals surface area contributed by atoms with Gasteiger partial charge in [0.15, 0.2) is 0 Å². The molecule has 2 aromatic carbocycles. The quantitative estimate of drug-likeness (QED) is 0.521. The molecule has 0 bridgehead atoms. The maximum Gasteiger partial charge on any atom is 0.246 e. The fourth-order valence-corrected chi connectivity index (χ4v) is 4.24. The van der Waals surface area contributed by atoms with E-state index in [1.165, 1.54) is 11.3 Å². The number of nitrogens with zero attached hydrogens (tertiary/aromatic N) is 4. The number of carbonyl (C=O) groups excluding carboxylic acids is 1. The van der Waals surface area contributed by atoms with E-state index in [4.69, 9.17) is 9.26 Å². The average Bonchev–Trinajstić information content (AvgIpc) is 3.31. The molecule has 2 heterocycles. The van der Waals surface area contributed by atoms with Crippen LogP contribution in [0.15, 0.2) is 53.1 Å². The molecule has 1 aromatic heterocycles. The number of hydrogen-bond acceptors (Lipinski definition) is 6. The molecular weight excluding hydrogens is 416 g/mol.